The van der Waals surface area contributed by atoms with Crippen molar-refractivity contribution in [1.82, 2.24) is 15.1 Å². The molecule has 5 nitrogen and oxygen atoms in total. The summed E-state index contributed by atoms with van der Waals surface area (Å²) in [6.07, 6.45) is 3.96. The molecule has 0 aliphatic carbocycles. The Labute approximate surface area is 161 Å². The predicted molar refractivity (Wildman–Crippen MR) is 105 cm³/mol. The molecule has 1 heterocycles. The maximum atomic E-state index is 12.2. The molecule has 2 aromatic carbocycles. The summed E-state index contributed by atoms with van der Waals surface area (Å²) in [4.78, 5) is 12.2. The molecule has 1 atom stereocenters. The molecule has 3 aromatic rings. The predicted octanol–water partition coefficient (Wildman–Crippen LogP) is 3.76. The van der Waals surface area contributed by atoms with Crippen LogP contribution in [0.3, 0.4) is 0 Å². The van der Waals surface area contributed by atoms with Crippen LogP contribution in [0, 0.1) is 0 Å². The summed E-state index contributed by atoms with van der Waals surface area (Å²) in [5.74, 6) is 0.531. The average molecular weight is 414 g/mol. The Morgan fingerprint density at radius 1 is 1.19 bits per heavy atom. The van der Waals surface area contributed by atoms with Crippen LogP contribution < -0.4 is 10.1 Å². The van der Waals surface area contributed by atoms with Crippen molar-refractivity contribution >= 4 is 21.8 Å². The molecule has 3 rings (SSSR count). The summed E-state index contributed by atoms with van der Waals surface area (Å²) in [7, 11) is 0. The molecule has 1 N–H and O–H groups in total. The Balaban J connectivity index is 1.46. The second-order valence-corrected chi connectivity index (χ2v) is 6.80. The molecular formula is C20H20BrN3O2. The van der Waals surface area contributed by atoms with E-state index in [1.165, 1.54) is 0 Å². The quantitative estimate of drug-likeness (QED) is 0.641. The van der Waals surface area contributed by atoms with E-state index >= 15 is 0 Å². The molecule has 0 bridgehead atoms. The van der Waals surface area contributed by atoms with Crippen molar-refractivity contribution in [1.29, 1.82) is 0 Å². The fourth-order valence-electron chi connectivity index (χ4n) is 2.46. The van der Waals surface area contributed by atoms with E-state index in [0.29, 0.717) is 18.7 Å². The van der Waals surface area contributed by atoms with E-state index in [9.17, 15) is 4.79 Å². The molecule has 26 heavy (non-hydrogen) atoms. The van der Waals surface area contributed by atoms with Crippen LogP contribution in [-0.4, -0.2) is 28.3 Å². The van der Waals surface area contributed by atoms with Gasteiger partial charge in [0.2, 0.25) is 0 Å². The lowest BCUT2D eigenvalue weighted by Gasteiger charge is -2.14. The molecule has 0 radical (unpaired) electrons. The maximum absolute atomic E-state index is 12.2. The molecule has 134 valence electrons. The number of hydrogen-bond donors (Lipinski definition) is 1. The van der Waals surface area contributed by atoms with Gasteiger partial charge in [-0.05, 0) is 55.3 Å². The zero-order valence-electron chi connectivity index (χ0n) is 14.4. The van der Waals surface area contributed by atoms with Crippen molar-refractivity contribution in [3.63, 3.8) is 0 Å². The Hall–Kier alpha value is -2.60. The van der Waals surface area contributed by atoms with Crippen LogP contribution >= 0.6 is 15.9 Å². The number of carbonyl (C=O) groups excluding carboxylic acids is 1. The van der Waals surface area contributed by atoms with Gasteiger partial charge >= 0.3 is 0 Å². The average Bonchev–Trinajstić information content (AvgIpc) is 3.13. The summed E-state index contributed by atoms with van der Waals surface area (Å²) >= 11 is 3.37. The van der Waals surface area contributed by atoms with Crippen LogP contribution in [0.15, 0.2) is 71.5 Å². The van der Waals surface area contributed by atoms with Gasteiger partial charge < -0.3 is 10.1 Å². The van der Waals surface area contributed by atoms with Crippen LogP contribution in [-0.2, 0) is 11.2 Å². The van der Waals surface area contributed by atoms with Crippen LogP contribution in [0.4, 0.5) is 0 Å². The largest absolute Gasteiger partial charge is 0.481 e. The number of nitrogens with one attached hydrogen (secondary N) is 1. The molecular weight excluding hydrogens is 394 g/mol. The van der Waals surface area contributed by atoms with Crippen LogP contribution in [0.5, 0.6) is 5.75 Å². The summed E-state index contributed by atoms with van der Waals surface area (Å²) in [6.45, 7) is 2.28. The number of benzene rings is 2. The number of amides is 1. The highest BCUT2D eigenvalue weighted by atomic mass is 79.9. The monoisotopic (exact) mass is 413 g/mol. The Bertz CT molecular complexity index is 847. The van der Waals surface area contributed by atoms with E-state index in [0.717, 1.165) is 15.7 Å². The third-order valence-electron chi connectivity index (χ3n) is 3.87. The van der Waals surface area contributed by atoms with Gasteiger partial charge in [0.25, 0.3) is 5.91 Å². The zero-order chi connectivity index (χ0) is 18.4. The SMILES string of the molecule is CC(Oc1ccc(Br)cc1)C(=O)NCCc1cnn(-c2ccccc2)c1. The summed E-state index contributed by atoms with van der Waals surface area (Å²) in [5, 5.41) is 7.26. The van der Waals surface area contributed by atoms with E-state index < -0.39 is 6.10 Å². The van der Waals surface area contributed by atoms with Crippen molar-refractivity contribution in [2.75, 3.05) is 6.54 Å². The number of hydrogen-bond acceptors (Lipinski definition) is 3. The normalized spacial score (nSPS) is 11.8. The summed E-state index contributed by atoms with van der Waals surface area (Å²) in [6, 6.07) is 17.3. The Kier molecular flexibility index (Phi) is 6.07. The summed E-state index contributed by atoms with van der Waals surface area (Å²) < 4.78 is 8.45. The number of aromatic nitrogens is 2. The third-order valence-corrected chi connectivity index (χ3v) is 4.39. The highest BCUT2D eigenvalue weighted by Crippen LogP contribution is 2.17. The van der Waals surface area contributed by atoms with Gasteiger partial charge in [0.1, 0.15) is 5.75 Å². The van der Waals surface area contributed by atoms with Gasteiger partial charge in [-0.3, -0.25) is 4.79 Å². The molecule has 0 saturated carbocycles. The lowest BCUT2D eigenvalue weighted by Crippen LogP contribution is -2.37. The van der Waals surface area contributed by atoms with Crippen LogP contribution in [0.2, 0.25) is 0 Å². The minimum Gasteiger partial charge on any atom is -0.481 e. The maximum Gasteiger partial charge on any atom is 0.260 e. The lowest BCUT2D eigenvalue weighted by atomic mass is 10.2. The number of nitrogens with zero attached hydrogens (tertiary/aromatic N) is 2. The molecule has 0 fully saturated rings. The number of halogens is 1. The molecule has 1 aromatic heterocycles. The van der Waals surface area contributed by atoms with Gasteiger partial charge in [0, 0.05) is 17.2 Å². The standard InChI is InChI=1S/C20H20BrN3O2/c1-15(26-19-9-7-17(21)8-10-19)20(25)22-12-11-16-13-23-24(14-16)18-5-3-2-4-6-18/h2-10,13-15H,11-12H2,1H3,(H,22,25). The minimum atomic E-state index is -0.553. The third kappa shape index (κ3) is 4.95. The first-order valence-corrected chi connectivity index (χ1v) is 9.20. The number of carbonyl (C=O) groups is 1. The molecule has 0 aliphatic heterocycles. The topological polar surface area (TPSA) is 56.1 Å². The fraction of sp³-hybridized carbons (Fsp3) is 0.200. The fourth-order valence-corrected chi connectivity index (χ4v) is 2.72. The van der Waals surface area contributed by atoms with Crippen molar-refractivity contribution in [2.45, 2.75) is 19.4 Å². The zero-order valence-corrected chi connectivity index (χ0v) is 16.0. The van der Waals surface area contributed by atoms with Gasteiger partial charge in [-0.25, -0.2) is 4.68 Å². The molecule has 6 heteroatoms. The van der Waals surface area contributed by atoms with Gasteiger partial charge in [-0.2, -0.15) is 5.10 Å². The van der Waals surface area contributed by atoms with Crippen LogP contribution in [0.25, 0.3) is 5.69 Å². The molecule has 0 saturated heterocycles. The van der Waals surface area contributed by atoms with E-state index in [1.54, 1.807) is 6.92 Å². The first-order chi connectivity index (χ1) is 12.6. The minimum absolute atomic E-state index is 0.136. The number of para-hydroxylation sites is 1. The van der Waals surface area contributed by atoms with Gasteiger partial charge in [0.15, 0.2) is 6.10 Å². The highest BCUT2D eigenvalue weighted by Gasteiger charge is 2.14. The highest BCUT2D eigenvalue weighted by molar-refractivity contribution is 9.10. The number of ether oxygens (including phenoxy) is 1. The van der Waals surface area contributed by atoms with Gasteiger partial charge in [-0.1, -0.05) is 34.1 Å². The molecule has 0 spiro atoms. The first-order valence-electron chi connectivity index (χ1n) is 8.41. The van der Waals surface area contributed by atoms with Crippen molar-refractivity contribution in [3.8, 4) is 11.4 Å². The van der Waals surface area contributed by atoms with Gasteiger partial charge in [-0.15, -0.1) is 0 Å². The van der Waals surface area contributed by atoms with E-state index in [2.05, 4.69) is 26.3 Å². The number of rotatable bonds is 7. The van der Waals surface area contributed by atoms with E-state index in [1.807, 2.05) is 71.7 Å². The second-order valence-electron chi connectivity index (χ2n) is 5.88. The molecule has 1 amide bonds. The van der Waals surface area contributed by atoms with Crippen molar-refractivity contribution in [2.24, 2.45) is 0 Å². The molecule has 1 unspecified atom stereocenters. The lowest BCUT2D eigenvalue weighted by molar-refractivity contribution is -0.127. The Morgan fingerprint density at radius 2 is 1.92 bits per heavy atom. The van der Waals surface area contributed by atoms with Gasteiger partial charge in [0.05, 0.1) is 11.9 Å². The second kappa shape index (κ2) is 8.67. The summed E-state index contributed by atoms with van der Waals surface area (Å²) in [5.41, 5.74) is 2.08. The van der Waals surface area contributed by atoms with Crippen molar-refractivity contribution in [3.05, 3.63) is 77.0 Å². The first kappa shape index (κ1) is 18.2. The van der Waals surface area contributed by atoms with E-state index in [-0.39, 0.29) is 5.91 Å². The van der Waals surface area contributed by atoms with Crippen molar-refractivity contribution < 1.29 is 9.53 Å². The van der Waals surface area contributed by atoms with E-state index in [4.69, 9.17) is 4.74 Å². The Morgan fingerprint density at radius 3 is 2.65 bits per heavy atom. The molecule has 0 aliphatic rings. The van der Waals surface area contributed by atoms with Crippen LogP contribution in [0.1, 0.15) is 12.5 Å². The smallest absolute Gasteiger partial charge is 0.260 e.